The fourth-order valence-corrected chi connectivity index (χ4v) is 1.89. The van der Waals surface area contributed by atoms with E-state index in [1.165, 1.54) is 25.3 Å². The Morgan fingerprint density at radius 1 is 1.39 bits per heavy atom. The van der Waals surface area contributed by atoms with Crippen LogP contribution in [0.25, 0.3) is 0 Å². The number of rotatable bonds is 3. The van der Waals surface area contributed by atoms with Crippen LogP contribution < -0.4 is 10.5 Å². The second-order valence-corrected chi connectivity index (χ2v) is 4.17. The van der Waals surface area contributed by atoms with Crippen LogP contribution in [0.15, 0.2) is 36.5 Å². The van der Waals surface area contributed by atoms with Crippen molar-refractivity contribution in [3.05, 3.63) is 58.6 Å². The average molecular weight is 267 g/mol. The topological polar surface area (TPSA) is 48.1 Å². The summed E-state index contributed by atoms with van der Waals surface area (Å²) in [6, 6.07) is 6.99. The number of ether oxygens (including phenoxy) is 1. The molecule has 94 valence electrons. The molecule has 5 heteroatoms. The third-order valence-electron chi connectivity index (χ3n) is 2.61. The monoisotopic (exact) mass is 266 g/mol. The Bertz CT molecular complexity index is 562. The van der Waals surface area contributed by atoms with E-state index >= 15 is 0 Å². The van der Waals surface area contributed by atoms with E-state index in [9.17, 15) is 4.39 Å². The number of hydrogen-bond donors (Lipinski definition) is 1. The maximum atomic E-state index is 13.7. The Balaban J connectivity index is 2.47. The van der Waals surface area contributed by atoms with Gasteiger partial charge in [-0.15, -0.1) is 0 Å². The Morgan fingerprint density at radius 3 is 2.89 bits per heavy atom. The quantitative estimate of drug-likeness (QED) is 0.929. The smallest absolute Gasteiger partial charge is 0.142 e. The van der Waals surface area contributed by atoms with Crippen molar-refractivity contribution in [1.29, 1.82) is 0 Å². The highest BCUT2D eigenvalue weighted by Crippen LogP contribution is 2.28. The van der Waals surface area contributed by atoms with Gasteiger partial charge in [-0.3, -0.25) is 4.98 Å². The molecule has 1 unspecified atom stereocenters. The molecule has 0 aliphatic rings. The number of methoxy groups -OCH3 is 1. The van der Waals surface area contributed by atoms with E-state index in [2.05, 4.69) is 4.98 Å². The Labute approximate surface area is 109 Å². The first-order chi connectivity index (χ1) is 8.63. The van der Waals surface area contributed by atoms with Crippen LogP contribution in [0.5, 0.6) is 5.75 Å². The van der Waals surface area contributed by atoms with Crippen molar-refractivity contribution in [2.24, 2.45) is 5.73 Å². The van der Waals surface area contributed by atoms with E-state index < -0.39 is 11.9 Å². The van der Waals surface area contributed by atoms with Gasteiger partial charge in [0, 0.05) is 16.8 Å². The summed E-state index contributed by atoms with van der Waals surface area (Å²) in [5, 5.41) is 0.428. The van der Waals surface area contributed by atoms with Gasteiger partial charge in [0.15, 0.2) is 0 Å². The maximum absolute atomic E-state index is 13.7. The fraction of sp³-hybridized carbons (Fsp3) is 0.154. The zero-order chi connectivity index (χ0) is 13.1. The van der Waals surface area contributed by atoms with Crippen LogP contribution in [0.1, 0.15) is 17.3 Å². The van der Waals surface area contributed by atoms with Crippen molar-refractivity contribution < 1.29 is 9.13 Å². The lowest BCUT2D eigenvalue weighted by Gasteiger charge is -2.15. The van der Waals surface area contributed by atoms with E-state index in [1.807, 2.05) is 0 Å². The molecule has 2 aromatic rings. The largest absolute Gasteiger partial charge is 0.495 e. The zero-order valence-electron chi connectivity index (χ0n) is 9.73. The molecule has 1 atom stereocenters. The van der Waals surface area contributed by atoms with E-state index in [-0.39, 0.29) is 0 Å². The minimum Gasteiger partial charge on any atom is -0.495 e. The molecule has 0 saturated carbocycles. The first-order valence-corrected chi connectivity index (χ1v) is 5.70. The minimum atomic E-state index is -0.722. The molecule has 0 amide bonds. The Kier molecular flexibility index (Phi) is 3.79. The van der Waals surface area contributed by atoms with Crippen LogP contribution in [0.4, 0.5) is 4.39 Å². The summed E-state index contributed by atoms with van der Waals surface area (Å²) in [5.74, 6) is 0.101. The maximum Gasteiger partial charge on any atom is 0.142 e. The molecule has 2 rings (SSSR count). The molecule has 0 aliphatic heterocycles. The zero-order valence-corrected chi connectivity index (χ0v) is 10.5. The summed E-state index contributed by atoms with van der Waals surface area (Å²) < 4.78 is 18.9. The standard InChI is InChI=1S/C13H12ClFN2O/c1-18-11-3-2-6-17-13(11)12(16)9-7-8(14)4-5-10(9)15/h2-7,12H,16H2,1H3. The predicted octanol–water partition coefficient (Wildman–Crippen LogP) is 2.93. The van der Waals surface area contributed by atoms with E-state index in [1.54, 1.807) is 18.3 Å². The summed E-state index contributed by atoms with van der Waals surface area (Å²) in [6.07, 6.45) is 1.58. The van der Waals surface area contributed by atoms with Crippen molar-refractivity contribution >= 4 is 11.6 Å². The van der Waals surface area contributed by atoms with Crippen LogP contribution >= 0.6 is 11.6 Å². The van der Waals surface area contributed by atoms with Gasteiger partial charge in [0.25, 0.3) is 0 Å². The Morgan fingerprint density at radius 2 is 2.17 bits per heavy atom. The molecular weight excluding hydrogens is 255 g/mol. The second-order valence-electron chi connectivity index (χ2n) is 3.73. The highest BCUT2D eigenvalue weighted by Gasteiger charge is 2.18. The molecule has 0 radical (unpaired) electrons. The molecule has 1 aromatic carbocycles. The van der Waals surface area contributed by atoms with Gasteiger partial charge < -0.3 is 10.5 Å². The number of pyridine rings is 1. The second kappa shape index (κ2) is 5.33. The molecule has 0 aliphatic carbocycles. The highest BCUT2D eigenvalue weighted by molar-refractivity contribution is 6.30. The lowest BCUT2D eigenvalue weighted by Crippen LogP contribution is -2.16. The first kappa shape index (κ1) is 12.8. The van der Waals surface area contributed by atoms with Crippen molar-refractivity contribution in [2.45, 2.75) is 6.04 Å². The minimum absolute atomic E-state index is 0.291. The first-order valence-electron chi connectivity index (χ1n) is 5.33. The number of benzene rings is 1. The van der Waals surface area contributed by atoms with Crippen LogP contribution in [-0.4, -0.2) is 12.1 Å². The molecule has 0 spiro atoms. The SMILES string of the molecule is COc1cccnc1C(N)c1cc(Cl)ccc1F. The van der Waals surface area contributed by atoms with Crippen LogP contribution in [0, 0.1) is 5.82 Å². The van der Waals surface area contributed by atoms with E-state index in [0.717, 1.165) is 0 Å². The molecule has 1 heterocycles. The van der Waals surface area contributed by atoms with Gasteiger partial charge >= 0.3 is 0 Å². The van der Waals surface area contributed by atoms with Gasteiger partial charge in [0.05, 0.1) is 13.2 Å². The van der Waals surface area contributed by atoms with Gasteiger partial charge in [0.2, 0.25) is 0 Å². The van der Waals surface area contributed by atoms with Crippen molar-refractivity contribution in [1.82, 2.24) is 4.98 Å². The molecule has 0 bridgehead atoms. The third kappa shape index (κ3) is 2.44. The predicted molar refractivity (Wildman–Crippen MR) is 68.2 cm³/mol. The van der Waals surface area contributed by atoms with E-state index in [0.29, 0.717) is 22.0 Å². The molecule has 3 nitrogen and oxygen atoms in total. The molecular formula is C13H12ClFN2O. The lowest BCUT2D eigenvalue weighted by atomic mass is 10.0. The van der Waals surface area contributed by atoms with Gasteiger partial charge in [-0.2, -0.15) is 0 Å². The van der Waals surface area contributed by atoms with Gasteiger partial charge in [-0.05, 0) is 30.3 Å². The number of nitrogens with two attached hydrogens (primary N) is 1. The van der Waals surface area contributed by atoms with Crippen LogP contribution in [0.2, 0.25) is 5.02 Å². The van der Waals surface area contributed by atoms with Gasteiger partial charge in [-0.25, -0.2) is 4.39 Å². The van der Waals surface area contributed by atoms with Crippen molar-refractivity contribution in [3.63, 3.8) is 0 Å². The normalized spacial score (nSPS) is 12.2. The molecule has 18 heavy (non-hydrogen) atoms. The molecule has 2 N–H and O–H groups in total. The fourth-order valence-electron chi connectivity index (χ4n) is 1.71. The summed E-state index contributed by atoms with van der Waals surface area (Å²) >= 11 is 5.85. The summed E-state index contributed by atoms with van der Waals surface area (Å²) in [6.45, 7) is 0. The Hall–Kier alpha value is -1.65. The summed E-state index contributed by atoms with van der Waals surface area (Å²) in [7, 11) is 1.52. The van der Waals surface area contributed by atoms with Crippen molar-refractivity contribution in [3.8, 4) is 5.75 Å². The number of hydrogen-bond acceptors (Lipinski definition) is 3. The molecule has 0 fully saturated rings. The van der Waals surface area contributed by atoms with Crippen LogP contribution in [0.3, 0.4) is 0 Å². The van der Waals surface area contributed by atoms with Crippen molar-refractivity contribution in [2.75, 3.05) is 7.11 Å². The van der Waals surface area contributed by atoms with E-state index in [4.69, 9.17) is 22.1 Å². The molecule has 0 saturated heterocycles. The van der Waals surface area contributed by atoms with Crippen LogP contribution in [-0.2, 0) is 0 Å². The summed E-state index contributed by atoms with van der Waals surface area (Å²) in [4.78, 5) is 4.14. The lowest BCUT2D eigenvalue weighted by molar-refractivity contribution is 0.404. The average Bonchev–Trinajstić information content (AvgIpc) is 2.40. The van der Waals surface area contributed by atoms with Gasteiger partial charge in [0.1, 0.15) is 17.3 Å². The highest BCUT2D eigenvalue weighted by atomic mass is 35.5. The number of halogens is 2. The third-order valence-corrected chi connectivity index (χ3v) is 2.84. The van der Waals surface area contributed by atoms with Gasteiger partial charge in [-0.1, -0.05) is 11.6 Å². The number of aromatic nitrogens is 1. The number of nitrogens with zero attached hydrogens (tertiary/aromatic N) is 1. The molecule has 1 aromatic heterocycles. The summed E-state index contributed by atoms with van der Waals surface area (Å²) in [5.41, 5.74) is 6.79.